The monoisotopic (exact) mass is 581 g/mol. The van der Waals surface area contributed by atoms with Gasteiger partial charge in [0.25, 0.3) is 0 Å². The summed E-state index contributed by atoms with van der Waals surface area (Å²) >= 11 is 0. The zero-order valence-electron chi connectivity index (χ0n) is 25.2. The average Bonchev–Trinajstić information content (AvgIpc) is 3.41. The topological polar surface area (TPSA) is 85.7 Å². The van der Waals surface area contributed by atoms with Crippen LogP contribution in [0.15, 0.2) is 84.8 Å². The van der Waals surface area contributed by atoms with E-state index >= 15 is 0 Å². The maximum absolute atomic E-state index is 13.9. The van der Waals surface area contributed by atoms with Crippen LogP contribution in [0.1, 0.15) is 88.2 Å². The zero-order chi connectivity index (χ0) is 30.2. The molecule has 1 aliphatic heterocycles. The van der Waals surface area contributed by atoms with Crippen molar-refractivity contribution < 1.29 is 24.2 Å². The number of carboxylic acids is 1. The Morgan fingerprint density at radius 1 is 1.12 bits per heavy atom. The number of hydrogen-bond acceptors (Lipinski definition) is 5. The van der Waals surface area contributed by atoms with Crippen LogP contribution in [0.4, 0.5) is 0 Å². The van der Waals surface area contributed by atoms with Gasteiger partial charge in [0, 0.05) is 30.0 Å². The predicted molar refractivity (Wildman–Crippen MR) is 169 cm³/mol. The number of nitrogens with zero attached hydrogens (tertiary/aromatic N) is 1. The van der Waals surface area contributed by atoms with Crippen LogP contribution in [0.25, 0.3) is 5.57 Å². The highest BCUT2D eigenvalue weighted by Crippen LogP contribution is 2.47. The van der Waals surface area contributed by atoms with Crippen molar-refractivity contribution in [2.45, 2.75) is 77.0 Å². The van der Waals surface area contributed by atoms with E-state index in [-0.39, 0.29) is 30.3 Å². The van der Waals surface area contributed by atoms with E-state index < -0.39 is 11.9 Å². The summed E-state index contributed by atoms with van der Waals surface area (Å²) < 4.78 is 11.2. The Labute approximate surface area is 255 Å². The van der Waals surface area contributed by atoms with E-state index in [4.69, 9.17) is 9.47 Å². The molecule has 2 aromatic rings. The third-order valence-electron chi connectivity index (χ3n) is 9.19. The molecular weight excluding hydrogens is 538 g/mol. The minimum atomic E-state index is -0.777. The molecule has 1 aromatic carbocycles. The third-order valence-corrected chi connectivity index (χ3v) is 9.19. The van der Waals surface area contributed by atoms with Gasteiger partial charge in [-0.1, -0.05) is 73.9 Å². The molecule has 6 nitrogen and oxygen atoms in total. The van der Waals surface area contributed by atoms with E-state index in [1.54, 1.807) is 12.4 Å². The number of hydrogen-bond donors (Lipinski definition) is 1. The van der Waals surface area contributed by atoms with Gasteiger partial charge < -0.3 is 14.6 Å². The Kier molecular flexibility index (Phi) is 10.3. The Hall–Kier alpha value is -3.93. The maximum atomic E-state index is 13.9. The van der Waals surface area contributed by atoms with Crippen LogP contribution in [-0.4, -0.2) is 28.6 Å². The van der Waals surface area contributed by atoms with Crippen molar-refractivity contribution in [1.82, 2.24) is 4.98 Å². The fourth-order valence-electron chi connectivity index (χ4n) is 6.80. The molecule has 4 atom stereocenters. The number of carboxylic acid groups (broad SMARTS) is 1. The zero-order valence-corrected chi connectivity index (χ0v) is 25.2. The molecule has 1 unspecified atom stereocenters. The molecule has 1 aromatic heterocycles. The first-order valence-electron chi connectivity index (χ1n) is 15.7. The number of carbonyl (C=O) groups is 2. The number of Topliss-reactive ketones (excluding diaryl/α,β-unsaturated/α-hetero) is 1. The van der Waals surface area contributed by atoms with Crippen molar-refractivity contribution in [3.63, 3.8) is 0 Å². The van der Waals surface area contributed by atoms with Gasteiger partial charge in [0.05, 0.1) is 5.92 Å². The number of aliphatic carboxylic acids is 1. The van der Waals surface area contributed by atoms with Gasteiger partial charge in [0.15, 0.2) is 17.3 Å². The highest BCUT2D eigenvalue weighted by Gasteiger charge is 2.41. The summed E-state index contributed by atoms with van der Waals surface area (Å²) in [6, 6.07) is 9.63. The first-order valence-corrected chi connectivity index (χ1v) is 15.7. The SMILES string of the molecule is C=C1C=C/C(=C\C[C@@H]2CCC(CC(=O)/C(=C\CCCC)c3cccnc3)C[C@H](c3ccc4c(c3)OCO4)[C@H]2C(=O)O)CC1. The molecule has 5 rings (SSSR count). The molecule has 1 saturated carbocycles. The summed E-state index contributed by atoms with van der Waals surface area (Å²) in [4.78, 5) is 31.2. The second-order valence-corrected chi connectivity index (χ2v) is 12.2. The molecule has 43 heavy (non-hydrogen) atoms. The molecular formula is C37H43NO5. The summed E-state index contributed by atoms with van der Waals surface area (Å²) in [6.07, 6.45) is 20.0. The van der Waals surface area contributed by atoms with Crippen LogP contribution in [0.2, 0.25) is 0 Å². The second-order valence-electron chi connectivity index (χ2n) is 12.2. The largest absolute Gasteiger partial charge is 0.481 e. The van der Waals surface area contributed by atoms with Crippen LogP contribution >= 0.6 is 0 Å². The van der Waals surface area contributed by atoms with Crippen molar-refractivity contribution in [1.29, 1.82) is 0 Å². The van der Waals surface area contributed by atoms with E-state index in [2.05, 4.69) is 42.8 Å². The summed E-state index contributed by atoms with van der Waals surface area (Å²) in [5.41, 5.74) is 4.88. The molecule has 0 radical (unpaired) electrons. The lowest BCUT2D eigenvalue weighted by Crippen LogP contribution is -2.29. The first kappa shape index (κ1) is 30.5. The van der Waals surface area contributed by atoms with Gasteiger partial charge in [-0.2, -0.15) is 0 Å². The molecule has 0 saturated heterocycles. The van der Waals surface area contributed by atoms with E-state index in [0.717, 1.165) is 67.2 Å². The number of rotatable bonds is 11. The fourth-order valence-corrected chi connectivity index (χ4v) is 6.80. The molecule has 226 valence electrons. The maximum Gasteiger partial charge on any atom is 0.307 e. The molecule has 2 heterocycles. The van der Waals surface area contributed by atoms with Gasteiger partial charge in [0.1, 0.15) is 0 Å². The fraction of sp³-hybridized carbons (Fsp3) is 0.432. The van der Waals surface area contributed by atoms with Gasteiger partial charge in [-0.15, -0.1) is 0 Å². The number of carbonyl (C=O) groups excluding carboxylic acids is 1. The Balaban J connectivity index is 1.44. The lowest BCUT2D eigenvalue weighted by Gasteiger charge is -2.29. The molecule has 6 heteroatoms. The molecule has 3 aliphatic rings. The van der Waals surface area contributed by atoms with Crippen LogP contribution in [-0.2, 0) is 9.59 Å². The van der Waals surface area contributed by atoms with Gasteiger partial charge in [0.2, 0.25) is 6.79 Å². The Morgan fingerprint density at radius 2 is 1.98 bits per heavy atom. The first-order chi connectivity index (χ1) is 20.9. The van der Waals surface area contributed by atoms with Crippen molar-refractivity contribution in [2.24, 2.45) is 17.8 Å². The number of aromatic nitrogens is 1. The molecule has 0 spiro atoms. The molecule has 2 aliphatic carbocycles. The van der Waals surface area contributed by atoms with Crippen molar-refractivity contribution in [3.05, 3.63) is 95.9 Å². The lowest BCUT2D eigenvalue weighted by molar-refractivity contribution is -0.144. The van der Waals surface area contributed by atoms with Crippen LogP contribution in [0.3, 0.4) is 0 Å². The van der Waals surface area contributed by atoms with Crippen LogP contribution in [0.5, 0.6) is 11.5 Å². The van der Waals surface area contributed by atoms with Crippen LogP contribution < -0.4 is 9.47 Å². The number of benzene rings is 1. The van der Waals surface area contributed by atoms with E-state index in [0.29, 0.717) is 30.8 Å². The van der Waals surface area contributed by atoms with E-state index in [1.807, 2.05) is 30.3 Å². The van der Waals surface area contributed by atoms with Crippen molar-refractivity contribution in [3.8, 4) is 11.5 Å². The van der Waals surface area contributed by atoms with E-state index in [9.17, 15) is 14.7 Å². The van der Waals surface area contributed by atoms with Crippen LogP contribution in [0, 0.1) is 17.8 Å². The molecule has 1 fully saturated rings. The summed E-state index contributed by atoms with van der Waals surface area (Å²) in [7, 11) is 0. The minimum Gasteiger partial charge on any atom is -0.481 e. The molecule has 0 bridgehead atoms. The average molecular weight is 582 g/mol. The smallest absolute Gasteiger partial charge is 0.307 e. The van der Waals surface area contributed by atoms with Gasteiger partial charge in [-0.05, 0) is 86.5 Å². The molecule has 1 N–H and O–H groups in total. The normalized spacial score (nSPS) is 24.6. The molecule has 0 amide bonds. The van der Waals surface area contributed by atoms with Gasteiger partial charge in [-0.3, -0.25) is 14.6 Å². The minimum absolute atomic E-state index is 0.0445. The summed E-state index contributed by atoms with van der Waals surface area (Å²) in [5, 5.41) is 10.7. The van der Waals surface area contributed by atoms with Gasteiger partial charge in [-0.25, -0.2) is 0 Å². The summed E-state index contributed by atoms with van der Waals surface area (Å²) in [5.74, 6) is -0.132. The second kappa shape index (κ2) is 14.5. The number of ether oxygens (including phenoxy) is 2. The number of pyridine rings is 1. The highest BCUT2D eigenvalue weighted by atomic mass is 16.7. The van der Waals surface area contributed by atoms with Gasteiger partial charge >= 0.3 is 5.97 Å². The lowest BCUT2D eigenvalue weighted by atomic mass is 9.74. The number of unbranched alkanes of at least 4 members (excludes halogenated alkanes) is 2. The van der Waals surface area contributed by atoms with Crippen molar-refractivity contribution >= 4 is 17.3 Å². The predicted octanol–water partition coefficient (Wildman–Crippen LogP) is 8.47. The standard InChI is InChI=1S/C37H43NO5/c1-3-4-5-8-31(30-7-6-19-38-23-30)33(39)21-27-14-16-28(15-13-26-11-9-25(2)10-12-26)36(37(40)41)32(20-27)29-17-18-34-35(22-29)43-24-42-34/h6-9,11,13,17-19,22-23,27-28,32,36H,2-5,10,12,14-16,20-21,24H2,1H3,(H,40,41)/b26-13+,31-8-/t27?,28-,32-,36+/m1/s1. The number of allylic oxidation sites excluding steroid dienone is 7. The third kappa shape index (κ3) is 7.73. The van der Waals surface area contributed by atoms with Crippen molar-refractivity contribution in [2.75, 3.05) is 6.79 Å². The highest BCUT2D eigenvalue weighted by molar-refractivity contribution is 6.20. The quantitative estimate of drug-likeness (QED) is 0.163. The number of fused-ring (bicyclic) bond motifs is 1. The van der Waals surface area contributed by atoms with E-state index in [1.165, 1.54) is 5.57 Å². The number of ketones is 1. The Morgan fingerprint density at radius 3 is 2.72 bits per heavy atom. The summed E-state index contributed by atoms with van der Waals surface area (Å²) in [6.45, 7) is 6.37. The Bertz CT molecular complexity index is 1410.